The summed E-state index contributed by atoms with van der Waals surface area (Å²) < 4.78 is 17.0. The quantitative estimate of drug-likeness (QED) is 0.862. The molecular formula is C19H23NO4. The minimum atomic E-state index is -0.0983. The third-order valence-electron chi connectivity index (χ3n) is 3.95. The molecule has 0 radical (unpaired) electrons. The molecule has 1 aliphatic heterocycles. The molecule has 0 saturated carbocycles. The fraction of sp³-hybridized carbons (Fsp3) is 0.421. The van der Waals surface area contributed by atoms with Gasteiger partial charge in [0.25, 0.3) is 5.91 Å². The third kappa shape index (κ3) is 3.97. The summed E-state index contributed by atoms with van der Waals surface area (Å²) in [5.74, 6) is 1.67. The van der Waals surface area contributed by atoms with Crippen molar-refractivity contribution in [3.05, 3.63) is 53.5 Å². The Labute approximate surface area is 142 Å². The van der Waals surface area contributed by atoms with Crippen LogP contribution in [-0.4, -0.2) is 36.1 Å². The van der Waals surface area contributed by atoms with Crippen molar-refractivity contribution in [2.24, 2.45) is 0 Å². The molecule has 0 spiro atoms. The molecule has 0 N–H and O–H groups in total. The molecule has 0 aliphatic carbocycles. The maximum atomic E-state index is 12.6. The van der Waals surface area contributed by atoms with Gasteiger partial charge in [-0.25, -0.2) is 0 Å². The summed E-state index contributed by atoms with van der Waals surface area (Å²) in [5.41, 5.74) is 1.14. The van der Waals surface area contributed by atoms with Crippen LogP contribution >= 0.6 is 0 Å². The number of aryl methyl sites for hydroxylation is 1. The van der Waals surface area contributed by atoms with Gasteiger partial charge in [0.05, 0.1) is 12.2 Å². The first-order valence-corrected chi connectivity index (χ1v) is 8.24. The highest BCUT2D eigenvalue weighted by molar-refractivity contribution is 5.91. The molecule has 1 amide bonds. The van der Waals surface area contributed by atoms with E-state index in [1.54, 1.807) is 17.0 Å². The van der Waals surface area contributed by atoms with E-state index in [2.05, 4.69) is 0 Å². The highest BCUT2D eigenvalue weighted by Crippen LogP contribution is 2.18. The van der Waals surface area contributed by atoms with E-state index in [9.17, 15) is 4.79 Å². The average molecular weight is 329 g/mol. The summed E-state index contributed by atoms with van der Waals surface area (Å²) in [6, 6.07) is 11.3. The van der Waals surface area contributed by atoms with Crippen LogP contribution in [0.25, 0.3) is 0 Å². The van der Waals surface area contributed by atoms with Gasteiger partial charge in [-0.3, -0.25) is 4.79 Å². The number of amides is 1. The summed E-state index contributed by atoms with van der Waals surface area (Å²) in [6.07, 6.45) is 0.0774. The molecule has 128 valence electrons. The second kappa shape index (κ2) is 7.09. The van der Waals surface area contributed by atoms with Crippen LogP contribution in [0.3, 0.4) is 0 Å². The predicted molar refractivity (Wildman–Crippen MR) is 90.1 cm³/mol. The third-order valence-corrected chi connectivity index (χ3v) is 3.95. The Bertz CT molecular complexity index is 699. The van der Waals surface area contributed by atoms with Crippen LogP contribution in [0.1, 0.15) is 35.7 Å². The molecule has 2 aromatic rings. The molecule has 1 aliphatic rings. The van der Waals surface area contributed by atoms with E-state index in [1.807, 2.05) is 45.0 Å². The zero-order valence-corrected chi connectivity index (χ0v) is 14.3. The van der Waals surface area contributed by atoms with Gasteiger partial charge in [0.1, 0.15) is 18.1 Å². The van der Waals surface area contributed by atoms with Gasteiger partial charge < -0.3 is 18.8 Å². The monoisotopic (exact) mass is 329 g/mol. The maximum absolute atomic E-state index is 12.6. The first-order chi connectivity index (χ1) is 11.5. The molecule has 24 heavy (non-hydrogen) atoms. The summed E-state index contributed by atoms with van der Waals surface area (Å²) in [6.45, 7) is 7.42. The Morgan fingerprint density at radius 1 is 1.21 bits per heavy atom. The summed E-state index contributed by atoms with van der Waals surface area (Å²) >= 11 is 0. The molecule has 1 saturated heterocycles. The van der Waals surface area contributed by atoms with Crippen molar-refractivity contribution in [3.8, 4) is 5.75 Å². The number of hydrogen-bond acceptors (Lipinski definition) is 4. The number of nitrogens with zero attached hydrogens (tertiary/aromatic N) is 1. The normalized spacial score (nSPS) is 20.9. The molecule has 1 aromatic carbocycles. The fourth-order valence-corrected chi connectivity index (χ4v) is 2.93. The standard InChI is InChI=1S/C19H23NO4/c1-13-5-4-6-16(9-13)22-12-17-7-8-18(24-17)19(21)20-10-14(2)23-15(3)11-20/h4-9,14-15H,10-12H2,1-3H3/t14-,15+. The average Bonchev–Trinajstić information content (AvgIpc) is 3.00. The van der Waals surface area contributed by atoms with Crippen LogP contribution in [-0.2, 0) is 11.3 Å². The number of furan rings is 1. The van der Waals surface area contributed by atoms with Crippen molar-refractivity contribution in [2.45, 2.75) is 39.6 Å². The largest absolute Gasteiger partial charge is 0.486 e. The summed E-state index contributed by atoms with van der Waals surface area (Å²) in [7, 11) is 0. The molecule has 2 heterocycles. The van der Waals surface area contributed by atoms with Gasteiger partial charge in [-0.2, -0.15) is 0 Å². The molecule has 1 aromatic heterocycles. The zero-order valence-electron chi connectivity index (χ0n) is 14.3. The Morgan fingerprint density at radius 2 is 1.96 bits per heavy atom. The molecule has 2 atom stereocenters. The Hall–Kier alpha value is -2.27. The van der Waals surface area contributed by atoms with Crippen molar-refractivity contribution in [1.29, 1.82) is 0 Å². The van der Waals surface area contributed by atoms with E-state index in [0.29, 0.717) is 31.2 Å². The van der Waals surface area contributed by atoms with Crippen molar-refractivity contribution in [2.75, 3.05) is 13.1 Å². The lowest BCUT2D eigenvalue weighted by atomic mass is 10.2. The van der Waals surface area contributed by atoms with E-state index >= 15 is 0 Å². The van der Waals surface area contributed by atoms with Crippen LogP contribution < -0.4 is 4.74 Å². The van der Waals surface area contributed by atoms with E-state index in [1.165, 1.54) is 0 Å². The van der Waals surface area contributed by atoms with Gasteiger partial charge in [-0.05, 0) is 50.6 Å². The highest BCUT2D eigenvalue weighted by atomic mass is 16.5. The van der Waals surface area contributed by atoms with Crippen LogP contribution in [0.2, 0.25) is 0 Å². The number of morpholine rings is 1. The number of ether oxygens (including phenoxy) is 2. The number of hydrogen-bond donors (Lipinski definition) is 0. The molecule has 5 heteroatoms. The Kier molecular flexibility index (Phi) is 4.90. The van der Waals surface area contributed by atoms with Crippen molar-refractivity contribution in [1.82, 2.24) is 4.90 Å². The van der Waals surface area contributed by atoms with E-state index in [0.717, 1.165) is 11.3 Å². The first-order valence-electron chi connectivity index (χ1n) is 8.24. The first kappa shape index (κ1) is 16.6. The lowest BCUT2D eigenvalue weighted by molar-refractivity contribution is -0.0592. The lowest BCUT2D eigenvalue weighted by Crippen LogP contribution is -2.48. The lowest BCUT2D eigenvalue weighted by Gasteiger charge is -2.34. The minimum Gasteiger partial charge on any atom is -0.486 e. The topological polar surface area (TPSA) is 51.9 Å². The number of benzene rings is 1. The molecular weight excluding hydrogens is 306 g/mol. The second-order valence-electron chi connectivity index (χ2n) is 6.34. The van der Waals surface area contributed by atoms with Gasteiger partial charge in [-0.15, -0.1) is 0 Å². The Balaban J connectivity index is 1.61. The fourth-order valence-electron chi connectivity index (χ4n) is 2.93. The molecule has 1 fully saturated rings. The summed E-state index contributed by atoms with van der Waals surface area (Å²) in [5, 5.41) is 0. The van der Waals surface area contributed by atoms with Gasteiger partial charge in [0, 0.05) is 13.1 Å². The van der Waals surface area contributed by atoms with Crippen LogP contribution in [0.4, 0.5) is 0 Å². The molecule has 5 nitrogen and oxygen atoms in total. The molecule has 3 rings (SSSR count). The van der Waals surface area contributed by atoms with Crippen LogP contribution in [0.15, 0.2) is 40.8 Å². The SMILES string of the molecule is Cc1cccc(OCc2ccc(C(=O)N3C[C@@H](C)O[C@@H](C)C3)o2)c1. The molecule has 0 unspecified atom stereocenters. The van der Waals surface area contributed by atoms with Crippen molar-refractivity contribution in [3.63, 3.8) is 0 Å². The van der Waals surface area contributed by atoms with E-state index < -0.39 is 0 Å². The minimum absolute atomic E-state index is 0.0387. The van der Waals surface area contributed by atoms with Crippen LogP contribution in [0, 0.1) is 6.92 Å². The number of carbonyl (C=O) groups is 1. The van der Waals surface area contributed by atoms with Crippen LogP contribution in [0.5, 0.6) is 5.75 Å². The molecule has 0 bridgehead atoms. The van der Waals surface area contributed by atoms with Gasteiger partial charge in [-0.1, -0.05) is 12.1 Å². The Morgan fingerprint density at radius 3 is 2.67 bits per heavy atom. The maximum Gasteiger partial charge on any atom is 0.289 e. The summed E-state index contributed by atoms with van der Waals surface area (Å²) in [4.78, 5) is 14.3. The second-order valence-corrected chi connectivity index (χ2v) is 6.34. The van der Waals surface area contributed by atoms with Crippen molar-refractivity contribution >= 4 is 5.91 Å². The predicted octanol–water partition coefficient (Wildman–Crippen LogP) is 3.42. The highest BCUT2D eigenvalue weighted by Gasteiger charge is 2.28. The van der Waals surface area contributed by atoms with Gasteiger partial charge in [0.2, 0.25) is 0 Å². The van der Waals surface area contributed by atoms with E-state index in [4.69, 9.17) is 13.9 Å². The van der Waals surface area contributed by atoms with Gasteiger partial charge in [0.15, 0.2) is 5.76 Å². The number of rotatable bonds is 4. The van der Waals surface area contributed by atoms with Gasteiger partial charge >= 0.3 is 0 Å². The number of carbonyl (C=O) groups excluding carboxylic acids is 1. The zero-order chi connectivity index (χ0) is 17.1. The smallest absolute Gasteiger partial charge is 0.289 e. The van der Waals surface area contributed by atoms with Crippen molar-refractivity contribution < 1.29 is 18.7 Å². The van der Waals surface area contributed by atoms with E-state index in [-0.39, 0.29) is 18.1 Å².